The predicted octanol–water partition coefficient (Wildman–Crippen LogP) is 5.78. The molecule has 0 aliphatic heterocycles. The molecule has 0 fully saturated rings. The Morgan fingerprint density at radius 1 is 1.03 bits per heavy atom. The number of fused-ring (bicyclic) bond motifs is 1. The molecule has 0 N–H and O–H groups in total. The fourth-order valence-corrected chi connectivity index (χ4v) is 4.23. The van der Waals surface area contributed by atoms with Gasteiger partial charge in [0.05, 0.1) is 35.2 Å². The largest absolute Gasteiger partial charge is 0.493 e. The van der Waals surface area contributed by atoms with Crippen molar-refractivity contribution in [3.8, 4) is 28.3 Å². The summed E-state index contributed by atoms with van der Waals surface area (Å²) >= 11 is 1.40. The number of rotatable bonds is 6. The lowest BCUT2D eigenvalue weighted by molar-refractivity contribution is 0.341. The highest BCUT2D eigenvalue weighted by Gasteiger charge is 2.20. The van der Waals surface area contributed by atoms with E-state index in [1.807, 2.05) is 43.3 Å². The van der Waals surface area contributed by atoms with E-state index in [1.54, 1.807) is 12.1 Å². The fraction of sp³-hybridized carbons (Fsp3) is 0.130. The molecule has 0 atom stereocenters. The number of thiophene rings is 1. The van der Waals surface area contributed by atoms with Crippen LogP contribution in [0.4, 0.5) is 5.82 Å². The van der Waals surface area contributed by atoms with Crippen molar-refractivity contribution >= 4 is 27.4 Å². The van der Waals surface area contributed by atoms with Gasteiger partial charge < -0.3 is 4.74 Å². The van der Waals surface area contributed by atoms with Gasteiger partial charge in [-0.15, -0.1) is 16.5 Å². The van der Waals surface area contributed by atoms with Crippen LogP contribution in [0.1, 0.15) is 23.6 Å². The normalized spacial score (nSPS) is 10.8. The molecule has 0 aliphatic carbocycles. The second-order valence-corrected chi connectivity index (χ2v) is 7.45. The van der Waals surface area contributed by atoms with E-state index in [9.17, 15) is 5.26 Å². The lowest BCUT2D eigenvalue weighted by Gasteiger charge is -2.08. The minimum atomic E-state index is 0.355. The van der Waals surface area contributed by atoms with E-state index in [2.05, 4.69) is 32.3 Å². The van der Waals surface area contributed by atoms with Gasteiger partial charge in [-0.3, -0.25) is 0 Å². The Labute approximate surface area is 182 Å². The zero-order chi connectivity index (χ0) is 21.6. The molecule has 0 aliphatic rings. The van der Waals surface area contributed by atoms with E-state index in [0.717, 1.165) is 16.0 Å². The molecule has 2 aromatic heterocycles. The number of benzene rings is 2. The Morgan fingerprint density at radius 3 is 2.58 bits per heavy atom. The predicted molar refractivity (Wildman–Crippen MR) is 118 cm³/mol. The van der Waals surface area contributed by atoms with Crippen LogP contribution in [0, 0.1) is 22.7 Å². The maximum absolute atomic E-state index is 9.82. The van der Waals surface area contributed by atoms with E-state index < -0.39 is 0 Å². The molecule has 2 aromatic carbocycles. The van der Waals surface area contributed by atoms with E-state index >= 15 is 0 Å². The SMILES string of the molecule is CCOc1ccccc1-c1sc2c(N=NCc3ccc(C#N)cc3)ncnc2c1C#N. The van der Waals surface area contributed by atoms with Gasteiger partial charge in [-0.1, -0.05) is 24.3 Å². The van der Waals surface area contributed by atoms with Crippen LogP contribution in [0.2, 0.25) is 0 Å². The molecule has 0 bridgehead atoms. The number of nitrogens with zero attached hydrogens (tertiary/aromatic N) is 6. The zero-order valence-corrected chi connectivity index (χ0v) is 17.4. The van der Waals surface area contributed by atoms with Crippen LogP contribution >= 0.6 is 11.3 Å². The molecule has 2 heterocycles. The van der Waals surface area contributed by atoms with Gasteiger partial charge in [-0.2, -0.15) is 15.6 Å². The van der Waals surface area contributed by atoms with Gasteiger partial charge in [0.1, 0.15) is 28.4 Å². The van der Waals surface area contributed by atoms with Crippen molar-refractivity contribution in [1.29, 1.82) is 10.5 Å². The molecule has 0 spiro atoms. The summed E-state index contributed by atoms with van der Waals surface area (Å²) in [5, 5.41) is 27.3. The number of ether oxygens (including phenoxy) is 1. The molecule has 0 saturated carbocycles. The Morgan fingerprint density at radius 2 is 1.84 bits per heavy atom. The third-order valence-corrected chi connectivity index (χ3v) is 5.71. The van der Waals surface area contributed by atoms with E-state index in [1.165, 1.54) is 17.7 Å². The minimum Gasteiger partial charge on any atom is -0.493 e. The molecule has 8 heteroatoms. The number of azo groups is 1. The summed E-state index contributed by atoms with van der Waals surface area (Å²) in [5.41, 5.74) is 3.39. The van der Waals surface area contributed by atoms with Crippen molar-refractivity contribution in [1.82, 2.24) is 9.97 Å². The standard InChI is InChI=1S/C23H16N6OS/c1-2-30-19-6-4-3-5-17(19)21-18(12-25)20-22(31-21)23(27-14-26-20)29-28-13-16-9-7-15(11-24)8-10-16/h3-10,14H,2,13H2,1H3. The van der Waals surface area contributed by atoms with Gasteiger partial charge in [-0.25, -0.2) is 9.97 Å². The van der Waals surface area contributed by atoms with Gasteiger partial charge in [0.15, 0.2) is 5.82 Å². The Hall–Kier alpha value is -4.14. The summed E-state index contributed by atoms with van der Waals surface area (Å²) in [5.74, 6) is 1.13. The average Bonchev–Trinajstić information content (AvgIpc) is 3.19. The Bertz CT molecular complexity index is 1350. The van der Waals surface area contributed by atoms with Crippen LogP contribution in [-0.4, -0.2) is 16.6 Å². The monoisotopic (exact) mass is 424 g/mol. The molecule has 150 valence electrons. The average molecular weight is 424 g/mol. The number of nitriles is 2. The summed E-state index contributed by atoms with van der Waals surface area (Å²) in [6, 6.07) is 19.2. The molecular formula is C23H16N6OS. The van der Waals surface area contributed by atoms with Gasteiger partial charge in [-0.05, 0) is 36.8 Å². The topological polar surface area (TPSA) is 107 Å². The first-order chi connectivity index (χ1) is 15.2. The Kier molecular flexibility index (Phi) is 5.93. The first kappa shape index (κ1) is 20.1. The van der Waals surface area contributed by atoms with Crippen molar-refractivity contribution < 1.29 is 4.74 Å². The second kappa shape index (κ2) is 9.12. The van der Waals surface area contributed by atoms with Crippen LogP contribution in [-0.2, 0) is 6.54 Å². The van der Waals surface area contributed by atoms with Crippen LogP contribution in [0.3, 0.4) is 0 Å². The molecule has 4 aromatic rings. The highest BCUT2D eigenvalue weighted by Crippen LogP contribution is 2.43. The molecule has 4 rings (SSSR count). The molecule has 7 nitrogen and oxygen atoms in total. The van der Waals surface area contributed by atoms with Crippen molar-refractivity contribution in [3.63, 3.8) is 0 Å². The first-order valence-electron chi connectivity index (χ1n) is 9.51. The highest BCUT2D eigenvalue weighted by molar-refractivity contribution is 7.23. The summed E-state index contributed by atoms with van der Waals surface area (Å²) in [7, 11) is 0. The maximum atomic E-state index is 9.82. The summed E-state index contributed by atoms with van der Waals surface area (Å²) in [6.07, 6.45) is 1.39. The van der Waals surface area contributed by atoms with Crippen molar-refractivity contribution in [3.05, 3.63) is 71.5 Å². The summed E-state index contributed by atoms with van der Waals surface area (Å²) in [4.78, 5) is 9.35. The molecule has 0 amide bonds. The molecule has 0 radical (unpaired) electrons. The van der Waals surface area contributed by atoms with Crippen LogP contribution in [0.5, 0.6) is 5.75 Å². The smallest absolute Gasteiger partial charge is 0.195 e. The van der Waals surface area contributed by atoms with E-state index in [0.29, 0.717) is 46.1 Å². The Balaban J connectivity index is 1.72. The van der Waals surface area contributed by atoms with Gasteiger partial charge in [0.2, 0.25) is 0 Å². The molecule has 0 unspecified atom stereocenters. The first-order valence-corrected chi connectivity index (χ1v) is 10.3. The number of hydrogen-bond donors (Lipinski definition) is 0. The number of hydrogen-bond acceptors (Lipinski definition) is 8. The molecule has 0 saturated heterocycles. The molecular weight excluding hydrogens is 408 g/mol. The van der Waals surface area contributed by atoms with Crippen molar-refractivity contribution in [2.24, 2.45) is 10.2 Å². The fourth-order valence-electron chi connectivity index (χ4n) is 3.07. The summed E-state index contributed by atoms with van der Waals surface area (Å²) in [6.45, 7) is 2.80. The third kappa shape index (κ3) is 4.11. The van der Waals surface area contributed by atoms with E-state index in [4.69, 9.17) is 10.00 Å². The van der Waals surface area contributed by atoms with Gasteiger partial charge >= 0.3 is 0 Å². The maximum Gasteiger partial charge on any atom is 0.195 e. The lowest BCUT2D eigenvalue weighted by Crippen LogP contribution is -1.93. The summed E-state index contributed by atoms with van der Waals surface area (Å²) < 4.78 is 6.44. The minimum absolute atomic E-state index is 0.355. The number of para-hydroxylation sites is 1. The molecule has 31 heavy (non-hydrogen) atoms. The van der Waals surface area contributed by atoms with Crippen LogP contribution in [0.25, 0.3) is 20.7 Å². The van der Waals surface area contributed by atoms with Crippen LogP contribution < -0.4 is 4.74 Å². The van der Waals surface area contributed by atoms with Crippen molar-refractivity contribution in [2.75, 3.05) is 6.61 Å². The lowest BCUT2D eigenvalue weighted by atomic mass is 10.1. The number of aromatic nitrogens is 2. The van der Waals surface area contributed by atoms with Gasteiger partial charge in [0, 0.05) is 5.56 Å². The second-order valence-electron chi connectivity index (χ2n) is 6.43. The third-order valence-electron chi connectivity index (χ3n) is 4.50. The van der Waals surface area contributed by atoms with Crippen LogP contribution in [0.15, 0.2) is 65.1 Å². The highest BCUT2D eigenvalue weighted by atomic mass is 32.1. The zero-order valence-electron chi connectivity index (χ0n) is 16.6. The van der Waals surface area contributed by atoms with E-state index in [-0.39, 0.29) is 0 Å². The quantitative estimate of drug-likeness (QED) is 0.364. The van der Waals surface area contributed by atoms with Gasteiger partial charge in [0.25, 0.3) is 0 Å². The van der Waals surface area contributed by atoms with Crippen molar-refractivity contribution in [2.45, 2.75) is 13.5 Å².